The van der Waals surface area contributed by atoms with E-state index in [4.69, 9.17) is 0 Å². The van der Waals surface area contributed by atoms with E-state index in [0.717, 1.165) is 12.8 Å². The predicted octanol–water partition coefficient (Wildman–Crippen LogP) is 4.50. The second-order valence-electron chi connectivity index (χ2n) is 5.87. The van der Waals surface area contributed by atoms with Crippen molar-refractivity contribution in [3.63, 3.8) is 0 Å². The highest BCUT2D eigenvalue weighted by Gasteiger charge is 2.14. The number of nitrogens with one attached hydrogen (secondary N) is 1. The molecule has 0 aliphatic heterocycles. The zero-order chi connectivity index (χ0) is 15.9. The maximum Gasteiger partial charge on any atom is 0.220 e. The molecule has 0 saturated carbocycles. The monoisotopic (exact) mass is 295 g/mol. The van der Waals surface area contributed by atoms with E-state index in [1.165, 1.54) is 22.3 Å². The molecule has 116 valence electrons. The maximum absolute atomic E-state index is 12.2. The van der Waals surface area contributed by atoms with Gasteiger partial charge in [-0.05, 0) is 43.4 Å². The quantitative estimate of drug-likeness (QED) is 0.835. The van der Waals surface area contributed by atoms with Crippen LogP contribution < -0.4 is 5.32 Å². The fraction of sp³-hybridized carbons (Fsp3) is 0.350. The second-order valence-corrected chi connectivity index (χ2v) is 5.87. The molecule has 0 fully saturated rings. The van der Waals surface area contributed by atoms with Crippen molar-refractivity contribution in [1.82, 2.24) is 5.32 Å². The Balaban J connectivity index is 1.96. The van der Waals surface area contributed by atoms with Gasteiger partial charge in [0.25, 0.3) is 0 Å². The zero-order valence-electron chi connectivity index (χ0n) is 13.7. The number of aryl methyl sites for hydroxylation is 3. The molecule has 0 heterocycles. The number of carbonyl (C=O) groups excluding carboxylic acids is 1. The number of amides is 1. The van der Waals surface area contributed by atoms with Gasteiger partial charge in [-0.15, -0.1) is 0 Å². The predicted molar refractivity (Wildman–Crippen MR) is 91.9 cm³/mol. The van der Waals surface area contributed by atoms with Crippen molar-refractivity contribution < 1.29 is 4.79 Å². The van der Waals surface area contributed by atoms with E-state index in [1.54, 1.807) is 0 Å². The minimum atomic E-state index is 0.101. The van der Waals surface area contributed by atoms with Crippen LogP contribution in [0.3, 0.4) is 0 Å². The van der Waals surface area contributed by atoms with Crippen molar-refractivity contribution in [2.45, 2.75) is 46.1 Å². The molecule has 0 saturated heterocycles. The summed E-state index contributed by atoms with van der Waals surface area (Å²) in [6.07, 6.45) is 2.22. The molecule has 1 atom stereocenters. The van der Waals surface area contributed by atoms with Gasteiger partial charge in [-0.25, -0.2) is 0 Å². The first-order chi connectivity index (χ1) is 10.6. The number of hydrogen-bond acceptors (Lipinski definition) is 1. The van der Waals surface area contributed by atoms with Crippen molar-refractivity contribution in [1.29, 1.82) is 0 Å². The third kappa shape index (κ3) is 4.45. The fourth-order valence-electron chi connectivity index (χ4n) is 2.79. The minimum Gasteiger partial charge on any atom is -0.349 e. The van der Waals surface area contributed by atoms with E-state index in [-0.39, 0.29) is 11.9 Å². The summed E-state index contributed by atoms with van der Waals surface area (Å²) in [7, 11) is 0. The van der Waals surface area contributed by atoms with E-state index < -0.39 is 0 Å². The Morgan fingerprint density at radius 3 is 2.45 bits per heavy atom. The first-order valence-electron chi connectivity index (χ1n) is 8.00. The first kappa shape index (κ1) is 16.3. The lowest BCUT2D eigenvalue weighted by Crippen LogP contribution is -2.28. The molecule has 0 unspecified atom stereocenters. The SMILES string of the molecule is CC[C@H](NC(=O)CCc1ccccc1)c1ccc(C)cc1C. The van der Waals surface area contributed by atoms with Crippen LogP contribution in [-0.2, 0) is 11.2 Å². The lowest BCUT2D eigenvalue weighted by Gasteiger charge is -2.20. The summed E-state index contributed by atoms with van der Waals surface area (Å²) in [6.45, 7) is 6.32. The average Bonchev–Trinajstić information content (AvgIpc) is 2.52. The molecule has 0 spiro atoms. The Bertz CT molecular complexity index is 619. The van der Waals surface area contributed by atoms with Gasteiger partial charge in [-0.3, -0.25) is 4.79 Å². The summed E-state index contributed by atoms with van der Waals surface area (Å²) >= 11 is 0. The molecule has 2 aromatic rings. The highest BCUT2D eigenvalue weighted by Crippen LogP contribution is 2.21. The average molecular weight is 295 g/mol. The van der Waals surface area contributed by atoms with Crippen molar-refractivity contribution >= 4 is 5.91 Å². The maximum atomic E-state index is 12.2. The van der Waals surface area contributed by atoms with Gasteiger partial charge < -0.3 is 5.32 Å². The van der Waals surface area contributed by atoms with Crippen LogP contribution in [0, 0.1) is 13.8 Å². The summed E-state index contributed by atoms with van der Waals surface area (Å²) in [4.78, 5) is 12.2. The van der Waals surface area contributed by atoms with E-state index in [1.807, 2.05) is 18.2 Å². The highest BCUT2D eigenvalue weighted by atomic mass is 16.1. The van der Waals surface area contributed by atoms with Gasteiger partial charge in [0.1, 0.15) is 0 Å². The van der Waals surface area contributed by atoms with Gasteiger partial charge in [-0.1, -0.05) is 61.0 Å². The number of benzene rings is 2. The smallest absolute Gasteiger partial charge is 0.220 e. The van der Waals surface area contributed by atoms with Gasteiger partial charge in [0.15, 0.2) is 0 Å². The Kier molecular flexibility index (Phi) is 5.76. The highest BCUT2D eigenvalue weighted by molar-refractivity contribution is 5.76. The second kappa shape index (κ2) is 7.79. The summed E-state index contributed by atoms with van der Waals surface area (Å²) in [5.74, 6) is 0.121. The molecule has 0 aromatic heterocycles. The first-order valence-corrected chi connectivity index (χ1v) is 8.00. The lowest BCUT2D eigenvalue weighted by atomic mass is 9.97. The summed E-state index contributed by atoms with van der Waals surface area (Å²) in [6, 6.07) is 16.7. The van der Waals surface area contributed by atoms with E-state index >= 15 is 0 Å². The summed E-state index contributed by atoms with van der Waals surface area (Å²) in [5.41, 5.74) is 4.93. The largest absolute Gasteiger partial charge is 0.349 e. The van der Waals surface area contributed by atoms with Gasteiger partial charge in [-0.2, -0.15) is 0 Å². The molecule has 2 nitrogen and oxygen atoms in total. The van der Waals surface area contributed by atoms with Crippen molar-refractivity contribution in [3.8, 4) is 0 Å². The normalized spacial score (nSPS) is 12.0. The number of rotatable bonds is 6. The fourth-order valence-corrected chi connectivity index (χ4v) is 2.79. The Hall–Kier alpha value is -2.09. The van der Waals surface area contributed by atoms with Crippen molar-refractivity contribution in [3.05, 3.63) is 70.8 Å². The van der Waals surface area contributed by atoms with Crippen LogP contribution in [0.25, 0.3) is 0 Å². The molecule has 0 aliphatic carbocycles. The molecule has 2 aromatic carbocycles. The Morgan fingerprint density at radius 1 is 1.09 bits per heavy atom. The van der Waals surface area contributed by atoms with Crippen molar-refractivity contribution in [2.24, 2.45) is 0 Å². The van der Waals surface area contributed by atoms with Gasteiger partial charge >= 0.3 is 0 Å². The van der Waals surface area contributed by atoms with Crippen LogP contribution in [0.1, 0.15) is 48.1 Å². The number of carbonyl (C=O) groups is 1. The topological polar surface area (TPSA) is 29.1 Å². The molecule has 0 bridgehead atoms. The molecular weight excluding hydrogens is 270 g/mol. The van der Waals surface area contributed by atoms with Crippen molar-refractivity contribution in [2.75, 3.05) is 0 Å². The van der Waals surface area contributed by atoms with E-state index in [0.29, 0.717) is 6.42 Å². The van der Waals surface area contributed by atoms with Gasteiger partial charge in [0.2, 0.25) is 5.91 Å². The number of hydrogen-bond donors (Lipinski definition) is 1. The van der Waals surface area contributed by atoms with Gasteiger partial charge in [0.05, 0.1) is 6.04 Å². The Morgan fingerprint density at radius 2 is 1.82 bits per heavy atom. The van der Waals surface area contributed by atoms with Crippen LogP contribution in [0.15, 0.2) is 48.5 Å². The third-order valence-corrected chi connectivity index (χ3v) is 4.03. The van der Waals surface area contributed by atoms with Crippen LogP contribution in [-0.4, -0.2) is 5.91 Å². The zero-order valence-corrected chi connectivity index (χ0v) is 13.7. The molecular formula is C20H25NO. The molecule has 2 rings (SSSR count). The van der Waals surface area contributed by atoms with E-state index in [9.17, 15) is 4.79 Å². The van der Waals surface area contributed by atoms with E-state index in [2.05, 4.69) is 56.4 Å². The molecule has 1 amide bonds. The minimum absolute atomic E-state index is 0.101. The van der Waals surface area contributed by atoms with Crippen LogP contribution in [0.2, 0.25) is 0 Å². The van der Waals surface area contributed by atoms with Gasteiger partial charge in [0, 0.05) is 6.42 Å². The van der Waals surface area contributed by atoms with Crippen LogP contribution in [0.4, 0.5) is 0 Å². The molecule has 1 N–H and O–H groups in total. The third-order valence-electron chi connectivity index (χ3n) is 4.03. The summed E-state index contributed by atoms with van der Waals surface area (Å²) in [5, 5.41) is 3.17. The molecule has 0 radical (unpaired) electrons. The van der Waals surface area contributed by atoms with Crippen LogP contribution in [0.5, 0.6) is 0 Å². The molecule has 22 heavy (non-hydrogen) atoms. The molecule has 0 aliphatic rings. The lowest BCUT2D eigenvalue weighted by molar-refractivity contribution is -0.121. The Labute approximate surface area is 133 Å². The van der Waals surface area contributed by atoms with Crippen LogP contribution >= 0.6 is 0 Å². The summed E-state index contributed by atoms with van der Waals surface area (Å²) < 4.78 is 0. The standard InChI is InChI=1S/C20H25NO/c1-4-19(18-12-10-15(2)14-16(18)3)21-20(22)13-11-17-8-6-5-7-9-17/h5-10,12,14,19H,4,11,13H2,1-3H3,(H,21,22)/t19-/m0/s1. The molecule has 2 heteroatoms.